The molecule has 0 unspecified atom stereocenters. The van der Waals surface area contributed by atoms with Crippen LogP contribution >= 0.6 is 11.6 Å². The lowest BCUT2D eigenvalue weighted by Crippen LogP contribution is -2.21. The first-order chi connectivity index (χ1) is 15.1. The number of hydrogen-bond donors (Lipinski definition) is 0. The lowest BCUT2D eigenvalue weighted by molar-refractivity contribution is -0.114. The van der Waals surface area contributed by atoms with E-state index in [0.717, 1.165) is 23.0 Å². The van der Waals surface area contributed by atoms with Crippen LogP contribution in [0.2, 0.25) is 5.02 Å². The summed E-state index contributed by atoms with van der Waals surface area (Å²) in [5, 5.41) is 7.65. The van der Waals surface area contributed by atoms with E-state index in [4.69, 9.17) is 11.6 Å². The zero-order chi connectivity index (χ0) is 21.4. The van der Waals surface area contributed by atoms with Gasteiger partial charge in [0.15, 0.2) is 0 Å². The molecule has 5 rings (SSSR count). The Balaban J connectivity index is 1.53. The Labute approximate surface area is 185 Å². The quantitative estimate of drug-likeness (QED) is 0.361. The molecule has 0 aliphatic carbocycles. The van der Waals surface area contributed by atoms with Crippen LogP contribution in [0.5, 0.6) is 0 Å². The number of carbonyl (C=O) groups is 1. The van der Waals surface area contributed by atoms with Crippen molar-refractivity contribution in [3.8, 4) is 0 Å². The maximum absolute atomic E-state index is 13.1. The summed E-state index contributed by atoms with van der Waals surface area (Å²) >= 11 is 5.98. The van der Waals surface area contributed by atoms with E-state index < -0.39 is 0 Å². The van der Waals surface area contributed by atoms with Gasteiger partial charge in [-0.15, -0.1) is 0 Å². The van der Waals surface area contributed by atoms with Crippen LogP contribution in [0.15, 0.2) is 95.7 Å². The van der Waals surface area contributed by atoms with Gasteiger partial charge in [0.05, 0.1) is 17.0 Å². The van der Waals surface area contributed by atoms with E-state index in [-0.39, 0.29) is 5.91 Å². The molecule has 0 saturated carbocycles. The van der Waals surface area contributed by atoms with Gasteiger partial charge in [-0.25, -0.2) is 0 Å². The predicted octanol–water partition coefficient (Wildman–Crippen LogP) is 6.15. The monoisotopic (exact) mass is 425 g/mol. The molecule has 1 amide bonds. The molecule has 0 saturated heterocycles. The smallest absolute Gasteiger partial charge is 0.280 e. The van der Waals surface area contributed by atoms with E-state index >= 15 is 0 Å². The van der Waals surface area contributed by atoms with Crippen molar-refractivity contribution in [3.05, 3.63) is 107 Å². The van der Waals surface area contributed by atoms with Crippen LogP contribution < -0.4 is 5.01 Å². The highest BCUT2D eigenvalue weighted by molar-refractivity contribution is 6.33. The van der Waals surface area contributed by atoms with E-state index in [1.807, 2.05) is 43.3 Å². The number of fused-ring (bicyclic) bond motifs is 1. The molecule has 0 fully saturated rings. The Morgan fingerprint density at radius 2 is 1.65 bits per heavy atom. The molecular weight excluding hydrogens is 406 g/mol. The Bertz CT molecular complexity index is 1330. The Morgan fingerprint density at radius 3 is 2.42 bits per heavy atom. The fourth-order valence-corrected chi connectivity index (χ4v) is 4.02. The van der Waals surface area contributed by atoms with Gasteiger partial charge >= 0.3 is 0 Å². The van der Waals surface area contributed by atoms with Gasteiger partial charge in [0.1, 0.15) is 0 Å². The number of amides is 1. The highest BCUT2D eigenvalue weighted by Gasteiger charge is 2.29. The number of para-hydroxylation sites is 1. The molecular formula is C26H20ClN3O. The topological polar surface area (TPSA) is 37.6 Å². The fraction of sp³-hybridized carbons (Fsp3) is 0.0769. The Morgan fingerprint density at radius 1 is 0.935 bits per heavy atom. The van der Waals surface area contributed by atoms with Gasteiger partial charge in [0.25, 0.3) is 5.91 Å². The predicted molar refractivity (Wildman–Crippen MR) is 128 cm³/mol. The summed E-state index contributed by atoms with van der Waals surface area (Å²) in [6.45, 7) is 2.63. The van der Waals surface area contributed by atoms with Crippen LogP contribution in [0, 0.1) is 0 Å². The molecule has 1 aromatic heterocycles. The van der Waals surface area contributed by atoms with E-state index in [2.05, 4.69) is 40.1 Å². The molecule has 4 aromatic rings. The van der Waals surface area contributed by atoms with Crippen LogP contribution in [-0.4, -0.2) is 16.2 Å². The Kier molecular flexibility index (Phi) is 4.92. The molecule has 0 radical (unpaired) electrons. The van der Waals surface area contributed by atoms with E-state index in [1.165, 1.54) is 10.6 Å². The average molecular weight is 426 g/mol. The number of rotatable bonds is 4. The van der Waals surface area contributed by atoms with Gasteiger partial charge in [0, 0.05) is 34.2 Å². The maximum Gasteiger partial charge on any atom is 0.280 e. The molecule has 1 aliphatic heterocycles. The van der Waals surface area contributed by atoms with E-state index in [0.29, 0.717) is 22.0 Å². The molecule has 1 aliphatic rings. The molecule has 0 atom stereocenters. The normalized spacial score (nSPS) is 15.2. The van der Waals surface area contributed by atoms with Crippen molar-refractivity contribution in [1.29, 1.82) is 0 Å². The molecule has 152 valence electrons. The first-order valence-corrected chi connectivity index (χ1v) is 10.5. The maximum atomic E-state index is 13.1. The molecule has 3 aromatic carbocycles. The molecule has 0 spiro atoms. The third kappa shape index (κ3) is 3.66. The zero-order valence-electron chi connectivity index (χ0n) is 17.0. The average Bonchev–Trinajstić information content (AvgIpc) is 3.27. The number of carbonyl (C=O) groups excluding carboxylic acids is 1. The number of benzene rings is 3. The SMILES string of the molecule is CC1=NN(c2ccc(Cl)cc2)C(=O)/C1=C\c1cn(Cc2ccccc2)c2ccccc12. The van der Waals surface area contributed by atoms with Gasteiger partial charge in [0.2, 0.25) is 0 Å². The van der Waals surface area contributed by atoms with Gasteiger partial charge in [-0.05, 0) is 48.9 Å². The van der Waals surface area contributed by atoms with Gasteiger partial charge in [-0.3, -0.25) is 4.79 Å². The molecule has 0 N–H and O–H groups in total. The van der Waals surface area contributed by atoms with Crippen molar-refractivity contribution >= 4 is 45.9 Å². The van der Waals surface area contributed by atoms with Gasteiger partial charge < -0.3 is 4.57 Å². The minimum atomic E-state index is -0.139. The van der Waals surface area contributed by atoms with Crippen LogP contribution in [0.4, 0.5) is 5.69 Å². The summed E-state index contributed by atoms with van der Waals surface area (Å²) in [6.07, 6.45) is 4.05. The number of nitrogens with zero attached hydrogens (tertiary/aromatic N) is 3. The lowest BCUT2D eigenvalue weighted by atomic mass is 10.1. The number of aromatic nitrogens is 1. The molecule has 5 heteroatoms. The van der Waals surface area contributed by atoms with Gasteiger partial charge in [-0.2, -0.15) is 10.1 Å². The van der Waals surface area contributed by atoms with Crippen molar-refractivity contribution in [2.75, 3.05) is 5.01 Å². The van der Waals surface area contributed by atoms with Crippen molar-refractivity contribution in [2.24, 2.45) is 5.10 Å². The van der Waals surface area contributed by atoms with Crippen LogP contribution in [-0.2, 0) is 11.3 Å². The summed E-state index contributed by atoms with van der Waals surface area (Å²) in [6, 6.07) is 25.7. The summed E-state index contributed by atoms with van der Waals surface area (Å²) in [5.41, 5.74) is 5.35. The number of hydrazone groups is 1. The first kappa shape index (κ1) is 19.3. The van der Waals surface area contributed by atoms with Crippen molar-refractivity contribution in [3.63, 3.8) is 0 Å². The summed E-state index contributed by atoms with van der Waals surface area (Å²) < 4.78 is 2.22. The third-order valence-corrected chi connectivity index (χ3v) is 5.70. The molecule has 2 heterocycles. The highest BCUT2D eigenvalue weighted by atomic mass is 35.5. The van der Waals surface area contributed by atoms with E-state index in [9.17, 15) is 4.79 Å². The molecule has 0 bridgehead atoms. The largest absolute Gasteiger partial charge is 0.342 e. The number of anilines is 1. The highest BCUT2D eigenvalue weighted by Crippen LogP contribution is 2.29. The molecule has 4 nitrogen and oxygen atoms in total. The zero-order valence-corrected chi connectivity index (χ0v) is 17.8. The Hall–Kier alpha value is -3.63. The summed E-state index contributed by atoms with van der Waals surface area (Å²) in [5.74, 6) is -0.139. The second-order valence-corrected chi connectivity index (χ2v) is 7.99. The standard InChI is InChI=1S/C26H20ClN3O/c1-18-24(26(31)30(28-18)22-13-11-21(27)12-14-22)15-20-17-29(16-19-7-3-2-4-8-19)25-10-6-5-9-23(20)25/h2-15,17H,16H2,1H3/b24-15-. The van der Waals surface area contributed by atoms with Crippen LogP contribution in [0.25, 0.3) is 17.0 Å². The summed E-state index contributed by atoms with van der Waals surface area (Å²) in [4.78, 5) is 13.1. The van der Waals surface area contributed by atoms with E-state index in [1.54, 1.807) is 24.3 Å². The van der Waals surface area contributed by atoms with Crippen molar-refractivity contribution in [1.82, 2.24) is 4.57 Å². The minimum Gasteiger partial charge on any atom is -0.342 e. The lowest BCUT2D eigenvalue weighted by Gasteiger charge is -2.11. The third-order valence-electron chi connectivity index (χ3n) is 5.45. The van der Waals surface area contributed by atoms with Crippen molar-refractivity contribution < 1.29 is 4.79 Å². The summed E-state index contributed by atoms with van der Waals surface area (Å²) in [7, 11) is 0. The second kappa shape index (κ2) is 7.89. The van der Waals surface area contributed by atoms with Crippen LogP contribution in [0.1, 0.15) is 18.1 Å². The number of hydrogen-bond acceptors (Lipinski definition) is 2. The number of halogens is 1. The fourth-order valence-electron chi connectivity index (χ4n) is 3.90. The molecule has 31 heavy (non-hydrogen) atoms. The van der Waals surface area contributed by atoms with Gasteiger partial charge in [-0.1, -0.05) is 60.1 Å². The first-order valence-electron chi connectivity index (χ1n) is 10.1. The van der Waals surface area contributed by atoms with Crippen LogP contribution in [0.3, 0.4) is 0 Å². The second-order valence-electron chi connectivity index (χ2n) is 7.55. The van der Waals surface area contributed by atoms with Crippen molar-refractivity contribution in [2.45, 2.75) is 13.5 Å². The minimum absolute atomic E-state index is 0.139.